The molecule has 2 fully saturated rings. The fraction of sp³-hybridized carbons (Fsp3) is 1.00. The first-order valence-electron chi connectivity index (χ1n) is 5.69. The Labute approximate surface area is 81.7 Å². The molecule has 2 saturated heterocycles. The van der Waals surface area contributed by atoms with Gasteiger partial charge in [-0.2, -0.15) is 0 Å². The Bertz CT molecular complexity index is 179. The van der Waals surface area contributed by atoms with Crippen molar-refractivity contribution in [3.63, 3.8) is 0 Å². The van der Waals surface area contributed by atoms with Crippen molar-refractivity contribution in [2.75, 3.05) is 13.1 Å². The van der Waals surface area contributed by atoms with Gasteiger partial charge in [0, 0.05) is 12.6 Å². The van der Waals surface area contributed by atoms with Crippen LogP contribution in [0, 0.1) is 11.8 Å². The highest BCUT2D eigenvalue weighted by Gasteiger charge is 2.39. The summed E-state index contributed by atoms with van der Waals surface area (Å²) in [5.74, 6) is 1.70. The van der Waals surface area contributed by atoms with E-state index in [1.54, 1.807) is 0 Å². The molecule has 0 aliphatic carbocycles. The van der Waals surface area contributed by atoms with Gasteiger partial charge in [0.2, 0.25) is 0 Å². The number of hydrogen-bond acceptors (Lipinski definition) is 2. The van der Waals surface area contributed by atoms with E-state index in [4.69, 9.17) is 0 Å². The second-order valence-corrected chi connectivity index (χ2v) is 4.99. The molecule has 1 N–H and O–H groups in total. The summed E-state index contributed by atoms with van der Waals surface area (Å²) in [6.07, 6.45) is 3.49. The molecule has 3 atom stereocenters. The smallest absolute Gasteiger partial charge is 0.0631 e. The van der Waals surface area contributed by atoms with Crippen LogP contribution in [-0.4, -0.2) is 30.2 Å². The van der Waals surface area contributed by atoms with Crippen LogP contribution in [0.15, 0.2) is 0 Å². The maximum atomic E-state index is 3.67. The van der Waals surface area contributed by atoms with Crippen molar-refractivity contribution in [3.05, 3.63) is 0 Å². The van der Waals surface area contributed by atoms with E-state index in [1.165, 1.54) is 25.9 Å². The number of fused-ring (bicyclic) bond motifs is 1. The van der Waals surface area contributed by atoms with Gasteiger partial charge in [0.1, 0.15) is 0 Å². The van der Waals surface area contributed by atoms with Gasteiger partial charge in [0.25, 0.3) is 0 Å². The lowest BCUT2D eigenvalue weighted by Crippen LogP contribution is -2.49. The predicted octanol–water partition coefficient (Wildman–Crippen LogP) is 1.67. The van der Waals surface area contributed by atoms with Crippen LogP contribution < -0.4 is 5.32 Å². The van der Waals surface area contributed by atoms with Crippen molar-refractivity contribution < 1.29 is 0 Å². The van der Waals surface area contributed by atoms with Crippen LogP contribution in [0.2, 0.25) is 0 Å². The molecule has 2 heterocycles. The van der Waals surface area contributed by atoms with Crippen molar-refractivity contribution in [1.29, 1.82) is 0 Å². The van der Waals surface area contributed by atoms with Crippen molar-refractivity contribution in [2.24, 2.45) is 11.8 Å². The zero-order valence-corrected chi connectivity index (χ0v) is 9.09. The first-order chi connectivity index (χ1) is 6.20. The lowest BCUT2D eigenvalue weighted by molar-refractivity contribution is 0.0712. The molecule has 2 aliphatic heterocycles. The predicted molar refractivity (Wildman–Crippen MR) is 55.5 cm³/mol. The molecule has 2 rings (SSSR count). The van der Waals surface area contributed by atoms with Gasteiger partial charge in [-0.3, -0.25) is 10.2 Å². The van der Waals surface area contributed by atoms with E-state index in [2.05, 4.69) is 31.0 Å². The van der Waals surface area contributed by atoms with Crippen LogP contribution in [0.4, 0.5) is 0 Å². The summed E-state index contributed by atoms with van der Waals surface area (Å²) in [5.41, 5.74) is 0. The Balaban J connectivity index is 2.07. The molecule has 0 spiro atoms. The summed E-state index contributed by atoms with van der Waals surface area (Å²) >= 11 is 0. The molecular weight excluding hydrogens is 160 g/mol. The fourth-order valence-corrected chi connectivity index (χ4v) is 2.92. The fourth-order valence-electron chi connectivity index (χ4n) is 2.92. The summed E-state index contributed by atoms with van der Waals surface area (Å²) < 4.78 is 0. The molecule has 0 aromatic heterocycles. The van der Waals surface area contributed by atoms with E-state index in [0.29, 0.717) is 6.17 Å². The quantitative estimate of drug-likeness (QED) is 0.663. The van der Waals surface area contributed by atoms with Crippen molar-refractivity contribution in [2.45, 2.75) is 45.8 Å². The van der Waals surface area contributed by atoms with Crippen LogP contribution in [0.25, 0.3) is 0 Å². The van der Waals surface area contributed by atoms with Crippen LogP contribution in [0.5, 0.6) is 0 Å². The third-order valence-corrected chi connectivity index (χ3v) is 3.76. The normalized spacial score (nSPS) is 41.1. The molecule has 0 saturated carbocycles. The number of nitrogens with one attached hydrogen (secondary N) is 1. The van der Waals surface area contributed by atoms with Gasteiger partial charge in [-0.25, -0.2) is 0 Å². The number of rotatable bonds is 1. The first-order valence-corrected chi connectivity index (χ1v) is 5.69. The van der Waals surface area contributed by atoms with Gasteiger partial charge in [-0.1, -0.05) is 13.8 Å². The average Bonchev–Trinajstić information content (AvgIpc) is 2.48. The highest BCUT2D eigenvalue weighted by molar-refractivity contribution is 4.92. The van der Waals surface area contributed by atoms with E-state index in [-0.39, 0.29) is 0 Å². The van der Waals surface area contributed by atoms with E-state index in [0.717, 1.165) is 17.9 Å². The Kier molecular flexibility index (Phi) is 2.61. The molecule has 0 bridgehead atoms. The third kappa shape index (κ3) is 1.62. The molecule has 2 heteroatoms. The lowest BCUT2D eigenvalue weighted by atomic mass is 9.85. The summed E-state index contributed by atoms with van der Waals surface area (Å²) in [5, 5.41) is 3.67. The summed E-state index contributed by atoms with van der Waals surface area (Å²) in [6, 6.07) is 0.756. The Hall–Kier alpha value is -0.0800. The standard InChI is InChI=1S/C11H22N2/c1-8(2)10-5-4-6-13-9(3)7-12-11(10)13/h8-12H,4-7H2,1-3H3. The SMILES string of the molecule is CC(C)C1CCCN2C(C)CNC12. The van der Waals surface area contributed by atoms with Gasteiger partial charge < -0.3 is 0 Å². The van der Waals surface area contributed by atoms with E-state index in [1.807, 2.05) is 0 Å². The molecule has 76 valence electrons. The van der Waals surface area contributed by atoms with Crippen LogP contribution in [-0.2, 0) is 0 Å². The number of piperidine rings is 1. The summed E-state index contributed by atoms with van der Waals surface area (Å²) in [6.45, 7) is 9.56. The number of hydrogen-bond donors (Lipinski definition) is 1. The van der Waals surface area contributed by atoms with Crippen molar-refractivity contribution in [3.8, 4) is 0 Å². The minimum atomic E-state index is 0.684. The van der Waals surface area contributed by atoms with Crippen LogP contribution in [0.1, 0.15) is 33.6 Å². The zero-order valence-electron chi connectivity index (χ0n) is 9.09. The second-order valence-electron chi connectivity index (χ2n) is 4.99. The Morgan fingerprint density at radius 2 is 2.15 bits per heavy atom. The number of nitrogens with zero attached hydrogens (tertiary/aromatic N) is 1. The molecule has 0 radical (unpaired) electrons. The maximum Gasteiger partial charge on any atom is 0.0631 e. The summed E-state index contributed by atoms with van der Waals surface area (Å²) in [7, 11) is 0. The molecule has 13 heavy (non-hydrogen) atoms. The van der Waals surface area contributed by atoms with Gasteiger partial charge in [-0.05, 0) is 38.1 Å². The molecule has 0 amide bonds. The largest absolute Gasteiger partial charge is 0.300 e. The average molecular weight is 182 g/mol. The van der Waals surface area contributed by atoms with Crippen molar-refractivity contribution >= 4 is 0 Å². The molecule has 0 aromatic carbocycles. The monoisotopic (exact) mass is 182 g/mol. The minimum absolute atomic E-state index is 0.684. The van der Waals surface area contributed by atoms with Gasteiger partial charge >= 0.3 is 0 Å². The summed E-state index contributed by atoms with van der Waals surface area (Å²) in [4.78, 5) is 2.66. The van der Waals surface area contributed by atoms with E-state index < -0.39 is 0 Å². The van der Waals surface area contributed by atoms with E-state index >= 15 is 0 Å². The van der Waals surface area contributed by atoms with Gasteiger partial charge in [0.15, 0.2) is 0 Å². The van der Waals surface area contributed by atoms with Crippen LogP contribution >= 0.6 is 0 Å². The molecule has 3 unspecified atom stereocenters. The molecule has 2 aliphatic rings. The Morgan fingerprint density at radius 3 is 2.85 bits per heavy atom. The lowest BCUT2D eigenvalue weighted by Gasteiger charge is -2.40. The highest BCUT2D eigenvalue weighted by atomic mass is 15.4. The van der Waals surface area contributed by atoms with Crippen molar-refractivity contribution in [1.82, 2.24) is 10.2 Å². The third-order valence-electron chi connectivity index (χ3n) is 3.76. The maximum absolute atomic E-state index is 3.67. The first kappa shape index (κ1) is 9.47. The minimum Gasteiger partial charge on any atom is -0.300 e. The highest BCUT2D eigenvalue weighted by Crippen LogP contribution is 2.31. The molecular formula is C11H22N2. The zero-order chi connectivity index (χ0) is 9.42. The van der Waals surface area contributed by atoms with Gasteiger partial charge in [-0.15, -0.1) is 0 Å². The van der Waals surface area contributed by atoms with E-state index in [9.17, 15) is 0 Å². The molecule has 2 nitrogen and oxygen atoms in total. The Morgan fingerprint density at radius 1 is 1.38 bits per heavy atom. The van der Waals surface area contributed by atoms with Crippen LogP contribution in [0.3, 0.4) is 0 Å². The van der Waals surface area contributed by atoms with Gasteiger partial charge in [0.05, 0.1) is 6.17 Å². The second kappa shape index (κ2) is 3.58. The topological polar surface area (TPSA) is 15.3 Å². The molecule has 0 aromatic rings.